The highest BCUT2D eigenvalue weighted by atomic mass is 16.5. The van der Waals surface area contributed by atoms with Crippen molar-refractivity contribution < 1.29 is 9.53 Å². The molecule has 0 unspecified atom stereocenters. The van der Waals surface area contributed by atoms with E-state index in [4.69, 9.17) is 4.74 Å². The lowest BCUT2D eigenvalue weighted by Gasteiger charge is -2.08. The number of ether oxygens (including phenoxy) is 1. The lowest BCUT2D eigenvalue weighted by atomic mass is 10.1. The molecule has 0 amide bonds. The van der Waals surface area contributed by atoms with E-state index in [2.05, 4.69) is 5.10 Å². The van der Waals surface area contributed by atoms with E-state index in [1.807, 2.05) is 31.2 Å². The fraction of sp³-hybridized carbons (Fsp3) is 0.231. The van der Waals surface area contributed by atoms with Crippen LogP contribution in [0.15, 0.2) is 30.5 Å². The van der Waals surface area contributed by atoms with Crippen LogP contribution in [-0.2, 0) is 7.05 Å². The van der Waals surface area contributed by atoms with E-state index < -0.39 is 0 Å². The van der Waals surface area contributed by atoms with E-state index >= 15 is 0 Å². The molecule has 0 saturated heterocycles. The molecule has 1 aromatic heterocycles. The number of carbonyl (C=O) groups excluding carboxylic acids is 1. The van der Waals surface area contributed by atoms with Gasteiger partial charge in [-0.25, -0.2) is 0 Å². The minimum atomic E-state index is 0.569. The molecule has 4 heteroatoms. The number of aryl methyl sites for hydroxylation is 1. The highest BCUT2D eigenvalue weighted by molar-refractivity contribution is 5.87. The average molecular weight is 230 g/mol. The molecule has 88 valence electrons. The van der Waals surface area contributed by atoms with Gasteiger partial charge in [-0.2, -0.15) is 5.10 Å². The SMILES string of the molecule is CCOc1ccccc1-c1nn(C)cc1C=O. The van der Waals surface area contributed by atoms with Crippen molar-refractivity contribution in [2.45, 2.75) is 6.92 Å². The molecule has 0 radical (unpaired) electrons. The molecule has 17 heavy (non-hydrogen) atoms. The summed E-state index contributed by atoms with van der Waals surface area (Å²) in [6, 6.07) is 7.58. The highest BCUT2D eigenvalue weighted by Gasteiger charge is 2.13. The standard InChI is InChI=1S/C13H14N2O2/c1-3-17-12-7-5-4-6-11(12)13-10(9-16)8-15(2)14-13/h4-9H,3H2,1-2H3. The lowest BCUT2D eigenvalue weighted by molar-refractivity contribution is 0.112. The molecule has 0 fully saturated rings. The maximum absolute atomic E-state index is 11.0. The van der Waals surface area contributed by atoms with E-state index in [-0.39, 0.29) is 0 Å². The molecule has 1 heterocycles. The van der Waals surface area contributed by atoms with Gasteiger partial charge in [-0.05, 0) is 19.1 Å². The van der Waals surface area contributed by atoms with Gasteiger partial charge in [0.05, 0.1) is 12.2 Å². The highest BCUT2D eigenvalue weighted by Crippen LogP contribution is 2.30. The molecular formula is C13H14N2O2. The van der Waals surface area contributed by atoms with Gasteiger partial charge in [0, 0.05) is 18.8 Å². The van der Waals surface area contributed by atoms with Gasteiger partial charge < -0.3 is 4.74 Å². The van der Waals surface area contributed by atoms with Crippen LogP contribution in [0.1, 0.15) is 17.3 Å². The normalized spacial score (nSPS) is 10.2. The third kappa shape index (κ3) is 2.20. The number of aromatic nitrogens is 2. The maximum atomic E-state index is 11.0. The summed E-state index contributed by atoms with van der Waals surface area (Å²) >= 11 is 0. The zero-order valence-corrected chi connectivity index (χ0v) is 9.88. The minimum Gasteiger partial charge on any atom is -0.493 e. The van der Waals surface area contributed by atoms with Crippen LogP contribution in [0.4, 0.5) is 0 Å². The summed E-state index contributed by atoms with van der Waals surface area (Å²) in [5.74, 6) is 0.747. The summed E-state index contributed by atoms with van der Waals surface area (Å²) in [7, 11) is 1.79. The van der Waals surface area contributed by atoms with Crippen LogP contribution in [0, 0.1) is 0 Å². The maximum Gasteiger partial charge on any atom is 0.153 e. The molecule has 4 nitrogen and oxygen atoms in total. The van der Waals surface area contributed by atoms with Crippen LogP contribution >= 0.6 is 0 Å². The van der Waals surface area contributed by atoms with Gasteiger partial charge in [-0.3, -0.25) is 9.48 Å². The van der Waals surface area contributed by atoms with Crippen molar-refractivity contribution in [2.75, 3.05) is 6.61 Å². The Hall–Kier alpha value is -2.10. The number of benzene rings is 1. The largest absolute Gasteiger partial charge is 0.493 e. The Balaban J connectivity index is 2.55. The van der Waals surface area contributed by atoms with Crippen molar-refractivity contribution in [2.24, 2.45) is 7.05 Å². The Labute approximate surface area is 99.8 Å². The summed E-state index contributed by atoms with van der Waals surface area (Å²) < 4.78 is 7.16. The molecular weight excluding hydrogens is 216 g/mol. The molecule has 0 saturated carbocycles. The molecule has 2 aromatic rings. The number of para-hydroxylation sites is 1. The summed E-state index contributed by atoms with van der Waals surface area (Å²) in [6.07, 6.45) is 2.51. The van der Waals surface area contributed by atoms with Crippen LogP contribution < -0.4 is 4.74 Å². The molecule has 1 aromatic carbocycles. The van der Waals surface area contributed by atoms with Crippen LogP contribution in [0.3, 0.4) is 0 Å². The molecule has 0 N–H and O–H groups in total. The van der Waals surface area contributed by atoms with Crippen LogP contribution in [0.2, 0.25) is 0 Å². The first kappa shape index (κ1) is 11.4. The number of nitrogens with zero attached hydrogens (tertiary/aromatic N) is 2. The third-order valence-corrected chi connectivity index (χ3v) is 2.43. The van der Waals surface area contributed by atoms with Gasteiger partial charge >= 0.3 is 0 Å². The molecule has 2 rings (SSSR count). The first-order chi connectivity index (χ1) is 8.26. The summed E-state index contributed by atoms with van der Waals surface area (Å²) in [4.78, 5) is 11.0. The van der Waals surface area contributed by atoms with Gasteiger partial charge in [0.1, 0.15) is 11.4 Å². The zero-order valence-electron chi connectivity index (χ0n) is 9.88. The van der Waals surface area contributed by atoms with E-state index in [9.17, 15) is 4.79 Å². The number of rotatable bonds is 4. The van der Waals surface area contributed by atoms with E-state index in [0.717, 1.165) is 17.6 Å². The lowest BCUT2D eigenvalue weighted by Crippen LogP contribution is -1.95. The van der Waals surface area contributed by atoms with Gasteiger partial charge in [-0.1, -0.05) is 12.1 Å². The number of hydrogen-bond donors (Lipinski definition) is 0. The van der Waals surface area contributed by atoms with Crippen molar-refractivity contribution in [1.82, 2.24) is 9.78 Å². The second-order valence-corrected chi connectivity index (χ2v) is 3.65. The minimum absolute atomic E-state index is 0.569. The average Bonchev–Trinajstić information content (AvgIpc) is 2.71. The summed E-state index contributed by atoms with van der Waals surface area (Å²) in [5.41, 5.74) is 2.07. The Morgan fingerprint density at radius 2 is 2.18 bits per heavy atom. The second kappa shape index (κ2) is 4.82. The van der Waals surface area contributed by atoms with Crippen molar-refractivity contribution in [3.8, 4) is 17.0 Å². The van der Waals surface area contributed by atoms with Gasteiger partial charge in [0.2, 0.25) is 0 Å². The topological polar surface area (TPSA) is 44.1 Å². The Kier molecular flexibility index (Phi) is 3.23. The Morgan fingerprint density at radius 3 is 2.88 bits per heavy atom. The van der Waals surface area contributed by atoms with Crippen LogP contribution in [0.25, 0.3) is 11.3 Å². The Bertz CT molecular complexity index is 532. The third-order valence-electron chi connectivity index (χ3n) is 2.43. The van der Waals surface area contributed by atoms with Crippen molar-refractivity contribution >= 4 is 6.29 Å². The monoisotopic (exact) mass is 230 g/mol. The van der Waals surface area contributed by atoms with Crippen molar-refractivity contribution in [1.29, 1.82) is 0 Å². The van der Waals surface area contributed by atoms with Crippen molar-refractivity contribution in [3.05, 3.63) is 36.0 Å². The first-order valence-corrected chi connectivity index (χ1v) is 5.47. The predicted molar refractivity (Wildman–Crippen MR) is 65.2 cm³/mol. The predicted octanol–water partition coefficient (Wildman–Crippen LogP) is 2.30. The molecule has 0 aliphatic rings. The second-order valence-electron chi connectivity index (χ2n) is 3.65. The van der Waals surface area contributed by atoms with E-state index in [1.54, 1.807) is 17.9 Å². The number of hydrogen-bond acceptors (Lipinski definition) is 3. The fourth-order valence-corrected chi connectivity index (χ4v) is 1.75. The molecule has 0 bridgehead atoms. The molecule has 0 atom stereocenters. The number of aldehydes is 1. The molecule has 0 aliphatic carbocycles. The van der Waals surface area contributed by atoms with E-state index in [1.165, 1.54) is 0 Å². The zero-order chi connectivity index (χ0) is 12.3. The number of carbonyl (C=O) groups is 1. The van der Waals surface area contributed by atoms with Gasteiger partial charge in [0.25, 0.3) is 0 Å². The fourth-order valence-electron chi connectivity index (χ4n) is 1.75. The first-order valence-electron chi connectivity index (χ1n) is 5.47. The smallest absolute Gasteiger partial charge is 0.153 e. The quantitative estimate of drug-likeness (QED) is 0.757. The van der Waals surface area contributed by atoms with Gasteiger partial charge in [0.15, 0.2) is 6.29 Å². The summed E-state index contributed by atoms with van der Waals surface area (Å²) in [5, 5.41) is 4.30. The van der Waals surface area contributed by atoms with Crippen molar-refractivity contribution in [3.63, 3.8) is 0 Å². The molecule has 0 spiro atoms. The van der Waals surface area contributed by atoms with Gasteiger partial charge in [-0.15, -0.1) is 0 Å². The molecule has 0 aliphatic heterocycles. The van der Waals surface area contributed by atoms with E-state index in [0.29, 0.717) is 17.9 Å². The summed E-state index contributed by atoms with van der Waals surface area (Å²) in [6.45, 7) is 2.51. The van der Waals surface area contributed by atoms with Crippen LogP contribution in [-0.4, -0.2) is 22.7 Å². The Morgan fingerprint density at radius 1 is 1.41 bits per heavy atom. The van der Waals surface area contributed by atoms with Crippen LogP contribution in [0.5, 0.6) is 5.75 Å².